The minimum Gasteiger partial charge on any atom is -0.444 e. The third-order valence-electron chi connectivity index (χ3n) is 4.79. The standard InChI is InChI=1S/C19H23FN2O4/c1-18(2,3)26-17(23)22-14-7-19(24,8-15(22)11-25-10-14)13-5-4-12(9-21)16(20)6-13/h4-6,14-15,24H,7-8,10-11H2,1-3H3. The van der Waals surface area contributed by atoms with Crippen LogP contribution in [-0.4, -0.2) is 47.0 Å². The second kappa shape index (κ2) is 6.53. The molecule has 2 fully saturated rings. The number of halogens is 1. The molecule has 1 aromatic rings. The maximum Gasteiger partial charge on any atom is 0.410 e. The minimum absolute atomic E-state index is 0.0629. The second-order valence-corrected chi connectivity index (χ2v) is 7.98. The van der Waals surface area contributed by atoms with Gasteiger partial charge >= 0.3 is 6.09 Å². The van der Waals surface area contributed by atoms with Gasteiger partial charge in [0.2, 0.25) is 0 Å². The quantitative estimate of drug-likeness (QED) is 0.830. The zero-order chi connectivity index (χ0) is 19.1. The molecule has 0 aromatic heterocycles. The molecule has 0 aliphatic carbocycles. The number of hydrogen-bond donors (Lipinski definition) is 1. The van der Waals surface area contributed by atoms with Crippen LogP contribution in [0.4, 0.5) is 9.18 Å². The number of nitriles is 1. The van der Waals surface area contributed by atoms with Crippen LogP contribution >= 0.6 is 0 Å². The van der Waals surface area contributed by atoms with Crippen molar-refractivity contribution < 1.29 is 23.8 Å². The largest absolute Gasteiger partial charge is 0.444 e. The Bertz CT molecular complexity index is 739. The zero-order valence-electron chi connectivity index (χ0n) is 15.2. The lowest BCUT2D eigenvalue weighted by Gasteiger charge is -2.51. The molecule has 1 aromatic carbocycles. The summed E-state index contributed by atoms with van der Waals surface area (Å²) >= 11 is 0. The SMILES string of the molecule is CC(C)(C)OC(=O)N1C2COCC1CC(O)(c1ccc(C#N)c(F)c1)C2. The van der Waals surface area contributed by atoms with E-state index in [1.165, 1.54) is 12.1 Å². The number of hydrogen-bond acceptors (Lipinski definition) is 5. The maximum atomic E-state index is 14.0. The maximum absolute atomic E-state index is 14.0. The molecule has 2 atom stereocenters. The van der Waals surface area contributed by atoms with Crippen molar-refractivity contribution in [1.82, 2.24) is 4.90 Å². The van der Waals surface area contributed by atoms with Gasteiger partial charge in [-0.2, -0.15) is 5.26 Å². The molecule has 2 aliphatic heterocycles. The lowest BCUT2D eigenvalue weighted by molar-refractivity contribution is -0.141. The Morgan fingerprint density at radius 3 is 2.50 bits per heavy atom. The first kappa shape index (κ1) is 18.6. The number of amides is 1. The van der Waals surface area contributed by atoms with Crippen molar-refractivity contribution in [2.45, 2.75) is 56.9 Å². The first-order chi connectivity index (χ1) is 12.1. The van der Waals surface area contributed by atoms with Crippen molar-refractivity contribution in [3.63, 3.8) is 0 Å². The molecule has 0 radical (unpaired) electrons. The number of piperidine rings is 1. The van der Waals surface area contributed by atoms with Crippen LogP contribution < -0.4 is 0 Å². The van der Waals surface area contributed by atoms with Gasteiger partial charge in [-0.3, -0.25) is 4.90 Å². The van der Waals surface area contributed by atoms with Crippen LogP contribution in [0.25, 0.3) is 0 Å². The van der Waals surface area contributed by atoms with Crippen LogP contribution in [0.5, 0.6) is 0 Å². The van der Waals surface area contributed by atoms with Gasteiger partial charge in [0.05, 0.1) is 36.5 Å². The predicted octanol–water partition coefficient (Wildman–Crippen LogP) is 2.68. The van der Waals surface area contributed by atoms with Gasteiger partial charge < -0.3 is 14.6 Å². The molecule has 26 heavy (non-hydrogen) atoms. The van der Waals surface area contributed by atoms with Gasteiger partial charge in [0.15, 0.2) is 0 Å². The molecule has 2 saturated heterocycles. The topological polar surface area (TPSA) is 82.8 Å². The lowest BCUT2D eigenvalue weighted by Crippen LogP contribution is -2.63. The van der Waals surface area contributed by atoms with Crippen LogP contribution in [-0.2, 0) is 15.1 Å². The van der Waals surface area contributed by atoms with Crippen molar-refractivity contribution in [1.29, 1.82) is 5.26 Å². The van der Waals surface area contributed by atoms with Crippen molar-refractivity contribution in [3.8, 4) is 6.07 Å². The van der Waals surface area contributed by atoms with E-state index in [9.17, 15) is 14.3 Å². The number of carbonyl (C=O) groups excluding carboxylic acids is 1. The highest BCUT2D eigenvalue weighted by molar-refractivity contribution is 5.69. The third-order valence-corrected chi connectivity index (χ3v) is 4.79. The van der Waals surface area contributed by atoms with Gasteiger partial charge in [0.1, 0.15) is 17.5 Å². The molecule has 1 N–H and O–H groups in total. The minimum atomic E-state index is -1.29. The van der Waals surface area contributed by atoms with Crippen LogP contribution in [0.2, 0.25) is 0 Å². The summed E-state index contributed by atoms with van der Waals surface area (Å²) in [6, 6.07) is 5.20. The van der Waals surface area contributed by atoms with Gasteiger partial charge in [-0.05, 0) is 38.5 Å². The Morgan fingerprint density at radius 2 is 2.00 bits per heavy atom. The van der Waals surface area contributed by atoms with Crippen molar-refractivity contribution in [2.75, 3.05) is 13.2 Å². The summed E-state index contributed by atoms with van der Waals surface area (Å²) in [7, 11) is 0. The molecule has 2 aliphatic rings. The Labute approximate surface area is 152 Å². The summed E-state index contributed by atoms with van der Waals surface area (Å²) in [6.45, 7) is 5.98. The van der Waals surface area contributed by atoms with E-state index in [1.807, 2.05) is 0 Å². The fourth-order valence-corrected chi connectivity index (χ4v) is 3.72. The monoisotopic (exact) mass is 362 g/mol. The summed E-state index contributed by atoms with van der Waals surface area (Å²) in [5.41, 5.74) is -1.55. The Kier molecular flexibility index (Phi) is 4.67. The number of nitrogens with zero attached hydrogens (tertiary/aromatic N) is 2. The Balaban J connectivity index is 1.86. The van der Waals surface area contributed by atoms with Gasteiger partial charge in [0.25, 0.3) is 0 Å². The highest BCUT2D eigenvalue weighted by atomic mass is 19.1. The van der Waals surface area contributed by atoms with Gasteiger partial charge in [0, 0.05) is 12.8 Å². The first-order valence-electron chi connectivity index (χ1n) is 8.64. The number of carbonyl (C=O) groups is 1. The van der Waals surface area contributed by atoms with E-state index in [4.69, 9.17) is 14.7 Å². The van der Waals surface area contributed by atoms with Crippen LogP contribution in [0, 0.1) is 17.1 Å². The molecule has 7 heteroatoms. The van der Waals surface area contributed by atoms with Crippen molar-refractivity contribution in [3.05, 3.63) is 35.1 Å². The van der Waals surface area contributed by atoms with Crippen LogP contribution in [0.1, 0.15) is 44.7 Å². The van der Waals surface area contributed by atoms with Gasteiger partial charge in [-0.15, -0.1) is 0 Å². The van der Waals surface area contributed by atoms with E-state index in [-0.39, 0.29) is 43.7 Å². The van der Waals surface area contributed by atoms with E-state index in [1.54, 1.807) is 37.8 Å². The van der Waals surface area contributed by atoms with E-state index in [0.29, 0.717) is 5.56 Å². The molecule has 140 valence electrons. The normalized spacial score (nSPS) is 28.4. The third kappa shape index (κ3) is 3.53. The highest BCUT2D eigenvalue weighted by Gasteiger charge is 2.50. The molecule has 2 bridgehead atoms. The highest BCUT2D eigenvalue weighted by Crippen LogP contribution is 2.41. The average molecular weight is 362 g/mol. The Hall–Kier alpha value is -2.17. The Morgan fingerprint density at radius 1 is 1.38 bits per heavy atom. The summed E-state index contributed by atoms with van der Waals surface area (Å²) in [5, 5.41) is 20.1. The van der Waals surface area contributed by atoms with Gasteiger partial charge in [-0.25, -0.2) is 9.18 Å². The fraction of sp³-hybridized carbons (Fsp3) is 0.579. The molecule has 0 spiro atoms. The van der Waals surface area contributed by atoms with Crippen molar-refractivity contribution in [2.24, 2.45) is 0 Å². The first-order valence-corrected chi connectivity index (χ1v) is 8.64. The number of aliphatic hydroxyl groups is 1. The summed E-state index contributed by atoms with van der Waals surface area (Å²) in [6.07, 6.45) is 0.00572. The van der Waals surface area contributed by atoms with Crippen LogP contribution in [0.15, 0.2) is 18.2 Å². The van der Waals surface area contributed by atoms with E-state index < -0.39 is 23.1 Å². The molecular formula is C19H23FN2O4. The predicted molar refractivity (Wildman–Crippen MR) is 90.7 cm³/mol. The lowest BCUT2D eigenvalue weighted by atomic mass is 9.77. The fourth-order valence-electron chi connectivity index (χ4n) is 3.72. The zero-order valence-corrected chi connectivity index (χ0v) is 15.2. The van der Waals surface area contributed by atoms with Gasteiger partial charge in [-0.1, -0.05) is 6.07 Å². The van der Waals surface area contributed by atoms with E-state index in [0.717, 1.165) is 0 Å². The molecule has 2 unspecified atom stereocenters. The van der Waals surface area contributed by atoms with E-state index in [2.05, 4.69) is 0 Å². The number of rotatable bonds is 1. The molecule has 2 heterocycles. The molecule has 3 rings (SSSR count). The molecule has 1 amide bonds. The summed E-state index contributed by atoms with van der Waals surface area (Å²) < 4.78 is 25.1. The molecular weight excluding hydrogens is 339 g/mol. The number of ether oxygens (including phenoxy) is 2. The number of morpholine rings is 1. The molecule has 0 saturated carbocycles. The van der Waals surface area contributed by atoms with Crippen molar-refractivity contribution >= 4 is 6.09 Å². The number of fused-ring (bicyclic) bond motifs is 2. The second-order valence-electron chi connectivity index (χ2n) is 7.98. The summed E-state index contributed by atoms with van der Waals surface area (Å²) in [4.78, 5) is 14.2. The average Bonchev–Trinajstić information content (AvgIpc) is 2.52. The number of benzene rings is 1. The summed E-state index contributed by atoms with van der Waals surface area (Å²) in [5.74, 6) is -0.658. The van der Waals surface area contributed by atoms with Crippen LogP contribution in [0.3, 0.4) is 0 Å². The molecule has 6 nitrogen and oxygen atoms in total. The van der Waals surface area contributed by atoms with E-state index >= 15 is 0 Å². The smallest absolute Gasteiger partial charge is 0.410 e.